The molecule has 1 aliphatic heterocycles. The van der Waals surface area contributed by atoms with Crippen molar-refractivity contribution in [3.8, 4) is 0 Å². The van der Waals surface area contributed by atoms with Gasteiger partial charge >= 0.3 is 0 Å². The van der Waals surface area contributed by atoms with E-state index in [-0.39, 0.29) is 10.7 Å². The van der Waals surface area contributed by atoms with Gasteiger partial charge in [-0.3, -0.25) is 4.79 Å². The molecule has 2 rings (SSSR count). The van der Waals surface area contributed by atoms with Gasteiger partial charge in [0, 0.05) is 12.6 Å². The van der Waals surface area contributed by atoms with E-state index in [2.05, 4.69) is 10.0 Å². The fourth-order valence-corrected chi connectivity index (χ4v) is 2.92. The molecule has 0 aliphatic carbocycles. The van der Waals surface area contributed by atoms with E-state index in [1.54, 1.807) is 0 Å². The highest BCUT2D eigenvalue weighted by Crippen LogP contribution is 2.32. The lowest BCUT2D eigenvalue weighted by Gasteiger charge is -2.43. The zero-order chi connectivity index (χ0) is 15.7. The minimum Gasteiger partial charge on any atom is -0.377 e. The summed E-state index contributed by atoms with van der Waals surface area (Å²) in [5.41, 5.74) is 1.25. The molecule has 1 heterocycles. The molecule has 0 saturated carbocycles. The summed E-state index contributed by atoms with van der Waals surface area (Å²) in [6.45, 7) is 8.20. The molecule has 2 N–H and O–H groups in total. The Hall–Kier alpha value is -1.24. The summed E-state index contributed by atoms with van der Waals surface area (Å²) in [5.74, 6) is -0.114. The van der Waals surface area contributed by atoms with Gasteiger partial charge in [0.05, 0.1) is 28.9 Å². The van der Waals surface area contributed by atoms with Crippen LogP contribution in [0.25, 0.3) is 0 Å². The van der Waals surface area contributed by atoms with Crippen LogP contribution in [0.3, 0.4) is 0 Å². The van der Waals surface area contributed by atoms with Gasteiger partial charge in [0.1, 0.15) is 5.54 Å². The molecule has 1 aromatic carbocycles. The van der Waals surface area contributed by atoms with E-state index < -0.39 is 16.5 Å². The van der Waals surface area contributed by atoms with Gasteiger partial charge in [-0.05, 0) is 38.5 Å². The highest BCUT2D eigenvalue weighted by atomic mass is 32.2. The van der Waals surface area contributed by atoms with Crippen molar-refractivity contribution >= 4 is 22.6 Å². The molecule has 1 aromatic rings. The SMILES string of the molecule is CC(=O)Nc1cccc(C2(NS(=O)C(C)(C)C)COC2)c1. The van der Waals surface area contributed by atoms with Crippen LogP contribution in [-0.4, -0.2) is 28.1 Å². The Morgan fingerprint density at radius 3 is 2.48 bits per heavy atom. The zero-order valence-electron chi connectivity index (χ0n) is 12.9. The van der Waals surface area contributed by atoms with Crippen molar-refractivity contribution in [2.75, 3.05) is 18.5 Å². The molecule has 1 fully saturated rings. The van der Waals surface area contributed by atoms with Crippen molar-refractivity contribution in [1.82, 2.24) is 4.72 Å². The van der Waals surface area contributed by atoms with Crippen LogP contribution >= 0.6 is 0 Å². The Labute approximate surface area is 128 Å². The first-order valence-corrected chi connectivity index (χ1v) is 8.03. The molecule has 116 valence electrons. The van der Waals surface area contributed by atoms with Crippen LogP contribution in [0.4, 0.5) is 5.69 Å². The Kier molecular flexibility index (Phi) is 4.51. The van der Waals surface area contributed by atoms with Gasteiger partial charge in [-0.25, -0.2) is 8.93 Å². The Morgan fingerprint density at radius 2 is 2.00 bits per heavy atom. The van der Waals surface area contributed by atoms with Gasteiger partial charge in [-0.15, -0.1) is 0 Å². The maximum atomic E-state index is 12.4. The van der Waals surface area contributed by atoms with E-state index in [0.717, 1.165) is 11.3 Å². The fourth-order valence-electron chi connectivity index (χ4n) is 2.02. The van der Waals surface area contributed by atoms with E-state index >= 15 is 0 Å². The van der Waals surface area contributed by atoms with Crippen LogP contribution in [0, 0.1) is 0 Å². The molecule has 1 saturated heterocycles. The number of anilines is 1. The maximum Gasteiger partial charge on any atom is 0.221 e. The maximum absolute atomic E-state index is 12.4. The third kappa shape index (κ3) is 3.70. The van der Waals surface area contributed by atoms with Crippen molar-refractivity contribution in [2.45, 2.75) is 38.0 Å². The molecule has 1 amide bonds. The molecule has 0 spiro atoms. The second-order valence-corrected chi connectivity index (χ2v) is 8.29. The molecule has 0 aromatic heterocycles. The minimum atomic E-state index is -1.19. The monoisotopic (exact) mass is 310 g/mol. The van der Waals surface area contributed by atoms with Crippen molar-refractivity contribution in [1.29, 1.82) is 0 Å². The summed E-state index contributed by atoms with van der Waals surface area (Å²) in [6.07, 6.45) is 0. The lowest BCUT2D eigenvalue weighted by Crippen LogP contribution is -2.59. The smallest absolute Gasteiger partial charge is 0.221 e. The number of amides is 1. The molecule has 1 atom stereocenters. The van der Waals surface area contributed by atoms with Crippen molar-refractivity contribution in [3.63, 3.8) is 0 Å². The molecular formula is C15H22N2O3S. The van der Waals surface area contributed by atoms with Crippen LogP contribution < -0.4 is 10.0 Å². The third-order valence-electron chi connectivity index (χ3n) is 3.28. The first-order chi connectivity index (χ1) is 9.73. The summed E-state index contributed by atoms with van der Waals surface area (Å²) >= 11 is 0. The highest BCUT2D eigenvalue weighted by Gasteiger charge is 2.43. The second kappa shape index (κ2) is 5.87. The van der Waals surface area contributed by atoms with Crippen LogP contribution in [0.15, 0.2) is 24.3 Å². The zero-order valence-corrected chi connectivity index (χ0v) is 13.7. The van der Waals surface area contributed by atoms with E-state index in [4.69, 9.17) is 4.74 Å². The van der Waals surface area contributed by atoms with Crippen molar-refractivity contribution in [2.24, 2.45) is 0 Å². The number of carbonyl (C=O) groups excluding carboxylic acids is 1. The summed E-state index contributed by atoms with van der Waals surface area (Å²) in [6, 6.07) is 7.57. The first kappa shape index (κ1) is 16.1. The summed E-state index contributed by atoms with van der Waals surface area (Å²) < 4.78 is 20.6. The number of nitrogens with one attached hydrogen (secondary N) is 2. The normalized spacial score (nSPS) is 18.7. The van der Waals surface area contributed by atoms with Crippen molar-refractivity contribution < 1.29 is 13.7 Å². The number of rotatable bonds is 4. The number of hydrogen-bond donors (Lipinski definition) is 2. The van der Waals surface area contributed by atoms with Gasteiger partial charge in [-0.1, -0.05) is 12.1 Å². The predicted octanol–water partition coefficient (Wildman–Crippen LogP) is 1.92. The molecule has 0 radical (unpaired) electrons. The number of carbonyl (C=O) groups is 1. The molecule has 1 aliphatic rings. The number of benzene rings is 1. The fraction of sp³-hybridized carbons (Fsp3) is 0.533. The van der Waals surface area contributed by atoms with Gasteiger partial charge in [0.25, 0.3) is 0 Å². The molecule has 6 heteroatoms. The van der Waals surface area contributed by atoms with Gasteiger partial charge in [0.15, 0.2) is 0 Å². The largest absolute Gasteiger partial charge is 0.377 e. The second-order valence-electron chi connectivity index (χ2n) is 6.32. The Morgan fingerprint density at radius 1 is 1.33 bits per heavy atom. The third-order valence-corrected chi connectivity index (χ3v) is 4.97. The highest BCUT2D eigenvalue weighted by molar-refractivity contribution is 7.84. The molecular weight excluding hydrogens is 288 g/mol. The van der Waals surface area contributed by atoms with Gasteiger partial charge in [0.2, 0.25) is 5.91 Å². The van der Waals surface area contributed by atoms with Crippen LogP contribution in [0.2, 0.25) is 0 Å². The van der Waals surface area contributed by atoms with Gasteiger partial charge < -0.3 is 10.1 Å². The quantitative estimate of drug-likeness (QED) is 0.893. The number of ether oxygens (including phenoxy) is 1. The summed E-state index contributed by atoms with van der Waals surface area (Å²) in [7, 11) is -1.19. The minimum absolute atomic E-state index is 0.114. The van der Waals surface area contributed by atoms with E-state index in [1.165, 1.54) is 6.92 Å². The van der Waals surface area contributed by atoms with Crippen LogP contribution in [0.1, 0.15) is 33.3 Å². The van der Waals surface area contributed by atoms with E-state index in [1.807, 2.05) is 45.0 Å². The summed E-state index contributed by atoms with van der Waals surface area (Å²) in [5, 5.41) is 2.77. The Balaban J connectivity index is 2.24. The molecule has 0 bridgehead atoms. The lowest BCUT2D eigenvalue weighted by molar-refractivity contribution is -0.114. The predicted molar refractivity (Wildman–Crippen MR) is 84.3 cm³/mol. The van der Waals surface area contributed by atoms with E-state index in [9.17, 15) is 9.00 Å². The van der Waals surface area contributed by atoms with Crippen LogP contribution in [0.5, 0.6) is 0 Å². The number of hydrogen-bond acceptors (Lipinski definition) is 3. The van der Waals surface area contributed by atoms with Crippen molar-refractivity contribution in [3.05, 3.63) is 29.8 Å². The molecule has 1 unspecified atom stereocenters. The van der Waals surface area contributed by atoms with E-state index in [0.29, 0.717) is 13.2 Å². The lowest BCUT2D eigenvalue weighted by atomic mass is 9.89. The molecule has 21 heavy (non-hydrogen) atoms. The first-order valence-electron chi connectivity index (χ1n) is 6.88. The standard InChI is InChI=1S/C15H22N2O3S/c1-11(18)16-13-7-5-6-12(8-13)15(9-20-10-15)17-21(19)14(2,3)4/h5-8,17H,9-10H2,1-4H3,(H,16,18). The topological polar surface area (TPSA) is 67.4 Å². The summed E-state index contributed by atoms with van der Waals surface area (Å²) in [4.78, 5) is 11.2. The average molecular weight is 310 g/mol. The Bertz CT molecular complexity index is 562. The average Bonchev–Trinajstić information content (AvgIpc) is 2.31. The van der Waals surface area contributed by atoms with Gasteiger partial charge in [-0.2, -0.15) is 0 Å². The molecule has 5 nitrogen and oxygen atoms in total. The van der Waals surface area contributed by atoms with Crippen LogP contribution in [-0.2, 0) is 26.1 Å².